The van der Waals surface area contributed by atoms with Crippen LogP contribution in [0.1, 0.15) is 32.3 Å². The van der Waals surface area contributed by atoms with Crippen molar-refractivity contribution in [3.8, 4) is 0 Å². The summed E-state index contributed by atoms with van der Waals surface area (Å²) in [7, 11) is 0. The van der Waals surface area contributed by atoms with Crippen molar-refractivity contribution in [3.63, 3.8) is 0 Å². The van der Waals surface area contributed by atoms with Gasteiger partial charge in [0, 0.05) is 27.3 Å². The van der Waals surface area contributed by atoms with E-state index in [1.807, 2.05) is 77.7 Å². The zero-order valence-corrected chi connectivity index (χ0v) is 27.4. The van der Waals surface area contributed by atoms with E-state index in [4.69, 9.17) is 0 Å². The minimum absolute atomic E-state index is 0.0110. The summed E-state index contributed by atoms with van der Waals surface area (Å²) in [6, 6.07) is 37.6. The van der Waals surface area contributed by atoms with Crippen LogP contribution in [0.5, 0.6) is 0 Å². The number of carbonyl (C=O) groups is 3. The van der Waals surface area contributed by atoms with Gasteiger partial charge in [-0.15, -0.1) is 11.8 Å². The molecule has 2 N–H and O–H groups in total. The monoisotopic (exact) mass is 705 g/mol. The summed E-state index contributed by atoms with van der Waals surface area (Å²) in [5.74, 6) is -2.01. The Balaban J connectivity index is 1.20. The van der Waals surface area contributed by atoms with E-state index in [9.17, 15) is 18.8 Å². The van der Waals surface area contributed by atoms with Crippen LogP contribution in [-0.4, -0.2) is 24.3 Å². The molecule has 9 heteroatoms. The Bertz CT molecular complexity index is 1950. The van der Waals surface area contributed by atoms with E-state index in [-0.39, 0.29) is 17.2 Å². The SMILES string of the molecule is O=C(Nc1ccc(SC(C(=O)N2CCc3ccccc32)c2ccccc2)cc1)C(=Cc1ccc(Br)cc1)NC(=O)c1ccccc1F. The van der Waals surface area contributed by atoms with Crippen LogP contribution >= 0.6 is 27.7 Å². The highest BCUT2D eigenvalue weighted by Gasteiger charge is 2.31. The molecular formula is C38H29BrFN3O3S. The molecule has 1 aliphatic heterocycles. The van der Waals surface area contributed by atoms with Gasteiger partial charge in [0.1, 0.15) is 16.8 Å². The van der Waals surface area contributed by atoms with Crippen LogP contribution in [0.15, 0.2) is 142 Å². The molecule has 0 radical (unpaired) electrons. The molecule has 0 saturated heterocycles. The van der Waals surface area contributed by atoms with E-state index in [0.717, 1.165) is 32.6 Å². The first-order valence-corrected chi connectivity index (χ1v) is 16.6. The van der Waals surface area contributed by atoms with Gasteiger partial charge < -0.3 is 15.5 Å². The van der Waals surface area contributed by atoms with Gasteiger partial charge in [-0.05, 0) is 83.8 Å². The minimum Gasteiger partial charge on any atom is -0.321 e. The molecule has 234 valence electrons. The highest BCUT2D eigenvalue weighted by atomic mass is 79.9. The average molecular weight is 707 g/mol. The summed E-state index contributed by atoms with van der Waals surface area (Å²) < 4.78 is 15.2. The van der Waals surface area contributed by atoms with Crippen LogP contribution in [0, 0.1) is 5.82 Å². The molecule has 1 heterocycles. The first-order valence-electron chi connectivity index (χ1n) is 14.9. The molecule has 47 heavy (non-hydrogen) atoms. The van der Waals surface area contributed by atoms with Crippen LogP contribution < -0.4 is 15.5 Å². The lowest BCUT2D eigenvalue weighted by molar-refractivity contribution is -0.118. The Kier molecular flexibility index (Phi) is 9.94. The number of amides is 3. The maximum Gasteiger partial charge on any atom is 0.272 e. The molecule has 0 fully saturated rings. The van der Waals surface area contributed by atoms with E-state index in [2.05, 4.69) is 32.6 Å². The predicted octanol–water partition coefficient (Wildman–Crippen LogP) is 8.42. The van der Waals surface area contributed by atoms with Crippen molar-refractivity contribution < 1.29 is 18.8 Å². The van der Waals surface area contributed by atoms with Crippen molar-refractivity contribution in [2.75, 3.05) is 16.8 Å². The third-order valence-corrected chi connectivity index (χ3v) is 9.42. The molecule has 6 nitrogen and oxygen atoms in total. The third-order valence-electron chi connectivity index (χ3n) is 7.64. The lowest BCUT2D eigenvalue weighted by atomic mass is 10.1. The zero-order valence-electron chi connectivity index (χ0n) is 25.0. The summed E-state index contributed by atoms with van der Waals surface area (Å²) in [4.78, 5) is 43.1. The summed E-state index contributed by atoms with van der Waals surface area (Å²) in [6.07, 6.45) is 2.35. The highest BCUT2D eigenvalue weighted by molar-refractivity contribution is 9.10. The molecule has 1 unspecified atom stereocenters. The van der Waals surface area contributed by atoms with E-state index in [0.29, 0.717) is 17.8 Å². The van der Waals surface area contributed by atoms with Gasteiger partial charge in [-0.3, -0.25) is 14.4 Å². The summed E-state index contributed by atoms with van der Waals surface area (Å²) >= 11 is 4.84. The number of benzene rings is 5. The molecule has 0 bridgehead atoms. The Labute approximate surface area is 284 Å². The van der Waals surface area contributed by atoms with Gasteiger partial charge in [-0.25, -0.2) is 4.39 Å². The van der Waals surface area contributed by atoms with Gasteiger partial charge in [-0.1, -0.05) is 88.7 Å². The van der Waals surface area contributed by atoms with Gasteiger partial charge in [-0.2, -0.15) is 0 Å². The van der Waals surface area contributed by atoms with Gasteiger partial charge in [0.2, 0.25) is 5.91 Å². The van der Waals surface area contributed by atoms with Crippen molar-refractivity contribution >= 4 is 62.9 Å². The van der Waals surface area contributed by atoms with Crippen LogP contribution in [0.4, 0.5) is 15.8 Å². The first-order chi connectivity index (χ1) is 22.9. The maximum absolute atomic E-state index is 14.3. The number of rotatable bonds is 9. The summed E-state index contributed by atoms with van der Waals surface area (Å²) in [6.45, 7) is 0.636. The Morgan fingerprint density at radius 1 is 0.809 bits per heavy atom. The van der Waals surface area contributed by atoms with Gasteiger partial charge in [0.15, 0.2) is 0 Å². The second kappa shape index (κ2) is 14.6. The van der Waals surface area contributed by atoms with Gasteiger partial charge >= 0.3 is 0 Å². The van der Waals surface area contributed by atoms with Crippen molar-refractivity contribution in [2.24, 2.45) is 0 Å². The fraction of sp³-hybridized carbons (Fsp3) is 0.0789. The number of hydrogen-bond donors (Lipinski definition) is 2. The number of hydrogen-bond acceptors (Lipinski definition) is 4. The topological polar surface area (TPSA) is 78.5 Å². The molecule has 0 saturated carbocycles. The number of thioether (sulfide) groups is 1. The Morgan fingerprint density at radius 3 is 2.23 bits per heavy atom. The van der Waals surface area contributed by atoms with Crippen LogP contribution in [0.3, 0.4) is 0 Å². The summed E-state index contributed by atoms with van der Waals surface area (Å²) in [5.41, 5.74) is 3.93. The number of carbonyl (C=O) groups excluding carboxylic acids is 3. The molecule has 0 aliphatic carbocycles. The maximum atomic E-state index is 14.3. The molecule has 0 aromatic heterocycles. The summed E-state index contributed by atoms with van der Waals surface area (Å²) in [5, 5.41) is 4.92. The molecule has 5 aromatic rings. The molecule has 0 spiro atoms. The van der Waals surface area contributed by atoms with Gasteiger partial charge in [0.25, 0.3) is 11.8 Å². The Hall–Kier alpha value is -4.99. The molecular weight excluding hydrogens is 677 g/mol. The number of nitrogens with one attached hydrogen (secondary N) is 2. The lowest BCUT2D eigenvalue weighted by Crippen LogP contribution is -2.32. The second-order valence-corrected chi connectivity index (χ2v) is 12.9. The fourth-order valence-corrected chi connectivity index (χ4v) is 6.62. The zero-order chi connectivity index (χ0) is 32.8. The number of fused-ring (bicyclic) bond motifs is 1. The van der Waals surface area contributed by atoms with E-state index >= 15 is 0 Å². The van der Waals surface area contributed by atoms with Crippen molar-refractivity contribution in [1.29, 1.82) is 0 Å². The molecule has 5 aromatic carbocycles. The quantitative estimate of drug-likeness (QED) is 0.119. The van der Waals surface area contributed by atoms with Crippen LogP contribution in [0.2, 0.25) is 0 Å². The predicted molar refractivity (Wildman–Crippen MR) is 189 cm³/mol. The third kappa shape index (κ3) is 7.70. The minimum atomic E-state index is -0.745. The lowest BCUT2D eigenvalue weighted by Gasteiger charge is -2.24. The fourth-order valence-electron chi connectivity index (χ4n) is 5.27. The van der Waals surface area contributed by atoms with Crippen LogP contribution in [0.25, 0.3) is 6.08 Å². The molecule has 3 amide bonds. The smallest absolute Gasteiger partial charge is 0.272 e. The average Bonchev–Trinajstić information content (AvgIpc) is 3.53. The Morgan fingerprint density at radius 2 is 1.49 bits per heavy atom. The van der Waals surface area contributed by atoms with Crippen molar-refractivity contribution in [2.45, 2.75) is 16.6 Å². The first kappa shape index (κ1) is 32.0. The standard InChI is InChI=1S/C38H29BrFN3O3S/c39-28-16-14-25(15-17-28)24-33(42-36(44)31-11-5-6-12-32(31)40)37(45)41-29-18-20-30(21-19-29)47-35(27-9-2-1-3-10-27)38(46)43-23-22-26-8-4-7-13-34(26)43/h1-21,24,35H,22-23H2,(H,41,45)(H,42,44). The van der Waals surface area contributed by atoms with Crippen LogP contribution in [-0.2, 0) is 16.0 Å². The molecule has 1 aliphatic rings. The van der Waals surface area contributed by atoms with E-state index in [1.165, 1.54) is 36.0 Å². The number of nitrogens with zero attached hydrogens (tertiary/aromatic N) is 1. The molecule has 6 rings (SSSR count). The van der Waals surface area contributed by atoms with E-state index in [1.54, 1.807) is 30.3 Å². The number of halogens is 2. The largest absolute Gasteiger partial charge is 0.321 e. The van der Waals surface area contributed by atoms with Gasteiger partial charge in [0.05, 0.1) is 5.56 Å². The van der Waals surface area contributed by atoms with Crippen molar-refractivity contribution in [1.82, 2.24) is 5.32 Å². The highest BCUT2D eigenvalue weighted by Crippen LogP contribution is 2.40. The second-order valence-electron chi connectivity index (χ2n) is 10.8. The van der Waals surface area contributed by atoms with Crippen molar-refractivity contribution in [3.05, 3.63) is 166 Å². The number of para-hydroxylation sites is 1. The number of anilines is 2. The van der Waals surface area contributed by atoms with E-state index < -0.39 is 22.9 Å². The normalized spacial score (nSPS) is 13.1. The molecule has 1 atom stereocenters.